The molecule has 1 aliphatic rings. The summed E-state index contributed by atoms with van der Waals surface area (Å²) in [5.41, 5.74) is 5.91. The first-order valence-electron chi connectivity index (χ1n) is 12.3. The third kappa shape index (κ3) is 6.72. The first-order valence-corrected chi connectivity index (χ1v) is 12.3. The molecule has 0 radical (unpaired) electrons. The Morgan fingerprint density at radius 3 is 2.42 bits per heavy atom. The molecule has 0 aliphatic heterocycles. The number of pyridine rings is 1. The zero-order chi connectivity index (χ0) is 25.3. The number of amides is 2. The molecule has 1 aliphatic carbocycles. The lowest BCUT2D eigenvalue weighted by Crippen LogP contribution is -2.18. The summed E-state index contributed by atoms with van der Waals surface area (Å²) in [7, 11) is 0. The summed E-state index contributed by atoms with van der Waals surface area (Å²) in [6, 6.07) is 21.0. The molecule has 0 atom stereocenters. The van der Waals surface area contributed by atoms with Crippen molar-refractivity contribution in [1.82, 2.24) is 4.98 Å². The highest BCUT2D eigenvalue weighted by Crippen LogP contribution is 2.33. The molecule has 0 fully saturated rings. The second kappa shape index (κ2) is 12.0. The van der Waals surface area contributed by atoms with Gasteiger partial charge in [0.1, 0.15) is 11.6 Å². The summed E-state index contributed by atoms with van der Waals surface area (Å²) in [6.45, 7) is 2.53. The molecule has 0 spiro atoms. The van der Waals surface area contributed by atoms with E-state index in [1.54, 1.807) is 12.1 Å². The van der Waals surface area contributed by atoms with Crippen LogP contribution in [0.2, 0.25) is 0 Å². The second-order valence-corrected chi connectivity index (χ2v) is 8.74. The molecule has 0 bridgehead atoms. The molecule has 0 saturated carbocycles. The number of aryl methyl sites for hydroxylation is 1. The minimum absolute atomic E-state index is 0.0427. The van der Waals surface area contributed by atoms with E-state index in [1.165, 1.54) is 5.56 Å². The number of aromatic nitrogens is 1. The minimum atomic E-state index is -1.15. The molecule has 7 nitrogen and oxygen atoms in total. The molecule has 4 rings (SSSR count). The van der Waals surface area contributed by atoms with Gasteiger partial charge in [0.05, 0.1) is 6.61 Å². The average Bonchev–Trinajstić information content (AvgIpc) is 2.89. The first kappa shape index (κ1) is 25.0. The van der Waals surface area contributed by atoms with Crippen molar-refractivity contribution in [3.8, 4) is 5.75 Å². The highest BCUT2D eigenvalue weighted by atomic mass is 16.5. The lowest BCUT2D eigenvalue weighted by molar-refractivity contribution is -0.113. The number of ether oxygens (including phenoxy) is 1. The van der Waals surface area contributed by atoms with Crippen LogP contribution >= 0.6 is 0 Å². The highest BCUT2D eigenvalue weighted by molar-refractivity contribution is 6.09. The number of hydrogen-bond acceptors (Lipinski definition) is 4. The van der Waals surface area contributed by atoms with Crippen LogP contribution < -0.4 is 15.4 Å². The number of nitrogens with zero attached hydrogens (tertiary/aromatic N) is 1. The van der Waals surface area contributed by atoms with Gasteiger partial charge in [0.25, 0.3) is 5.91 Å². The van der Waals surface area contributed by atoms with Gasteiger partial charge in [-0.05, 0) is 85.2 Å². The van der Waals surface area contributed by atoms with Crippen molar-refractivity contribution in [2.75, 3.05) is 17.2 Å². The van der Waals surface area contributed by atoms with E-state index in [-0.39, 0.29) is 11.7 Å². The van der Waals surface area contributed by atoms with E-state index in [9.17, 15) is 9.59 Å². The summed E-state index contributed by atoms with van der Waals surface area (Å²) in [5, 5.41) is 14.1. The average molecular weight is 486 g/mol. The Bertz CT molecular complexity index is 1230. The molecule has 1 heterocycles. The number of carbonyl (C=O) groups excluding carboxylic acids is 1. The molecule has 0 unspecified atom stereocenters. The molecular formula is C29H31N3O4. The minimum Gasteiger partial charge on any atom is -0.493 e. The lowest BCUT2D eigenvalue weighted by atomic mass is 9.86. The fourth-order valence-electron chi connectivity index (χ4n) is 4.33. The third-order valence-corrected chi connectivity index (χ3v) is 6.23. The van der Waals surface area contributed by atoms with Crippen LogP contribution in [0, 0.1) is 0 Å². The smallest absolute Gasteiger partial charge is 0.410 e. The van der Waals surface area contributed by atoms with Crippen molar-refractivity contribution in [2.24, 2.45) is 0 Å². The molecule has 3 aromatic rings. The van der Waals surface area contributed by atoms with Gasteiger partial charge in [-0.3, -0.25) is 10.1 Å². The molecule has 36 heavy (non-hydrogen) atoms. The fourth-order valence-corrected chi connectivity index (χ4v) is 4.33. The quantitative estimate of drug-likeness (QED) is 0.329. The van der Waals surface area contributed by atoms with Crippen LogP contribution in [-0.4, -0.2) is 28.7 Å². The van der Waals surface area contributed by atoms with Gasteiger partial charge in [-0.15, -0.1) is 0 Å². The third-order valence-electron chi connectivity index (χ3n) is 6.23. The van der Waals surface area contributed by atoms with Gasteiger partial charge in [-0.2, -0.15) is 0 Å². The summed E-state index contributed by atoms with van der Waals surface area (Å²) < 4.78 is 5.80. The monoisotopic (exact) mass is 485 g/mol. The number of benzene rings is 2. The Hall–Kier alpha value is -4.13. The van der Waals surface area contributed by atoms with Crippen LogP contribution in [0.5, 0.6) is 5.75 Å². The fraction of sp³-hybridized carbons (Fsp3) is 0.276. The van der Waals surface area contributed by atoms with E-state index in [0.717, 1.165) is 60.2 Å². The topological polar surface area (TPSA) is 101 Å². The number of carbonyl (C=O) groups is 2. The summed E-state index contributed by atoms with van der Waals surface area (Å²) in [5.74, 6) is 0.926. The van der Waals surface area contributed by atoms with Crippen LogP contribution in [0.3, 0.4) is 0 Å². The molecular weight excluding hydrogens is 454 g/mol. The number of nitrogens with one attached hydrogen (secondary N) is 2. The van der Waals surface area contributed by atoms with Crippen LogP contribution in [-0.2, 0) is 17.6 Å². The lowest BCUT2D eigenvalue weighted by Gasteiger charge is -2.20. The number of hydrogen-bond donors (Lipinski definition) is 3. The predicted molar refractivity (Wildman–Crippen MR) is 141 cm³/mol. The van der Waals surface area contributed by atoms with Gasteiger partial charge in [0.2, 0.25) is 0 Å². The first-order chi connectivity index (χ1) is 17.5. The highest BCUT2D eigenvalue weighted by Gasteiger charge is 2.20. The SMILES string of the molecule is CCc1ccc(C2=C(C(=O)Nc3ccc(OCCc4cccc(NC(=O)O)n4)cc3)CCCC2)cc1. The summed E-state index contributed by atoms with van der Waals surface area (Å²) in [6.07, 6.45) is 4.22. The Morgan fingerprint density at radius 2 is 1.69 bits per heavy atom. The van der Waals surface area contributed by atoms with Crippen molar-refractivity contribution in [3.63, 3.8) is 0 Å². The van der Waals surface area contributed by atoms with E-state index < -0.39 is 6.09 Å². The van der Waals surface area contributed by atoms with Crippen molar-refractivity contribution >= 4 is 29.1 Å². The van der Waals surface area contributed by atoms with Gasteiger partial charge >= 0.3 is 6.09 Å². The van der Waals surface area contributed by atoms with Gasteiger partial charge in [0, 0.05) is 23.4 Å². The standard InChI is InChI=1S/C29H31N3O4/c1-2-20-10-12-21(13-11-20)25-7-3-4-8-26(25)28(33)31-23-14-16-24(17-15-23)36-19-18-22-6-5-9-27(30-22)32-29(34)35/h5-6,9-17H,2-4,7-8,18-19H2,1H3,(H,30,32)(H,31,33)(H,34,35). The van der Waals surface area contributed by atoms with E-state index >= 15 is 0 Å². The Balaban J connectivity index is 1.34. The van der Waals surface area contributed by atoms with Crippen LogP contribution in [0.4, 0.5) is 16.3 Å². The van der Waals surface area contributed by atoms with Crippen molar-refractivity contribution in [2.45, 2.75) is 45.4 Å². The molecule has 1 aromatic heterocycles. The summed E-state index contributed by atoms with van der Waals surface area (Å²) >= 11 is 0. The van der Waals surface area contributed by atoms with Crippen molar-refractivity contribution < 1.29 is 19.4 Å². The van der Waals surface area contributed by atoms with Gasteiger partial charge < -0.3 is 15.2 Å². The van der Waals surface area contributed by atoms with Crippen LogP contribution in [0.25, 0.3) is 5.57 Å². The normalized spacial score (nSPS) is 13.2. The summed E-state index contributed by atoms with van der Waals surface area (Å²) in [4.78, 5) is 28.1. The van der Waals surface area contributed by atoms with Crippen LogP contribution in [0.1, 0.15) is 49.4 Å². The zero-order valence-electron chi connectivity index (χ0n) is 20.4. The van der Waals surface area contributed by atoms with Gasteiger partial charge in [-0.1, -0.05) is 37.3 Å². The maximum absolute atomic E-state index is 13.1. The van der Waals surface area contributed by atoms with E-state index in [2.05, 4.69) is 46.8 Å². The number of allylic oxidation sites excluding steroid dienone is 1. The van der Waals surface area contributed by atoms with Gasteiger partial charge in [0.15, 0.2) is 0 Å². The van der Waals surface area contributed by atoms with Gasteiger partial charge in [-0.25, -0.2) is 9.78 Å². The second-order valence-electron chi connectivity index (χ2n) is 8.74. The molecule has 0 saturated heterocycles. The molecule has 7 heteroatoms. The largest absolute Gasteiger partial charge is 0.493 e. The van der Waals surface area contributed by atoms with E-state index in [0.29, 0.717) is 18.8 Å². The maximum Gasteiger partial charge on any atom is 0.410 e. The molecule has 2 amide bonds. The maximum atomic E-state index is 13.1. The zero-order valence-corrected chi connectivity index (χ0v) is 20.4. The Morgan fingerprint density at radius 1 is 0.944 bits per heavy atom. The number of carboxylic acid groups (broad SMARTS) is 1. The number of anilines is 2. The number of rotatable bonds is 9. The van der Waals surface area contributed by atoms with Crippen molar-refractivity contribution in [1.29, 1.82) is 0 Å². The Kier molecular flexibility index (Phi) is 8.34. The molecule has 2 aromatic carbocycles. The van der Waals surface area contributed by atoms with E-state index in [4.69, 9.17) is 9.84 Å². The molecule has 3 N–H and O–H groups in total. The Labute approximate surface area is 211 Å². The molecule has 186 valence electrons. The van der Waals surface area contributed by atoms with Crippen LogP contribution in [0.15, 0.2) is 72.3 Å². The predicted octanol–water partition coefficient (Wildman–Crippen LogP) is 6.32. The van der Waals surface area contributed by atoms with Crippen molar-refractivity contribution in [3.05, 3.63) is 89.1 Å². The van der Waals surface area contributed by atoms with E-state index in [1.807, 2.05) is 30.3 Å².